The first-order valence-corrected chi connectivity index (χ1v) is 9.18. The van der Waals surface area contributed by atoms with Gasteiger partial charge >= 0.3 is 6.18 Å². The molecule has 5 heteroatoms. The van der Waals surface area contributed by atoms with Crippen LogP contribution in [-0.4, -0.2) is 30.1 Å². The van der Waals surface area contributed by atoms with Crippen molar-refractivity contribution in [3.05, 3.63) is 35.4 Å². The van der Waals surface area contributed by atoms with Crippen LogP contribution in [0.25, 0.3) is 0 Å². The van der Waals surface area contributed by atoms with Crippen LogP contribution in [0.2, 0.25) is 0 Å². The lowest BCUT2D eigenvalue weighted by atomic mass is 9.96. The summed E-state index contributed by atoms with van der Waals surface area (Å²) in [5.41, 5.74) is 0.271. The van der Waals surface area contributed by atoms with Crippen LogP contribution in [0.1, 0.15) is 55.7 Å². The third-order valence-corrected chi connectivity index (χ3v) is 5.67. The molecule has 1 aromatic carbocycles. The fraction of sp³-hybridized carbons (Fsp3) is 0.684. The molecule has 1 aliphatic heterocycles. The minimum absolute atomic E-state index is 0.0739. The van der Waals surface area contributed by atoms with Gasteiger partial charge in [0.2, 0.25) is 0 Å². The zero-order valence-corrected chi connectivity index (χ0v) is 13.9. The van der Waals surface area contributed by atoms with Gasteiger partial charge in [0.25, 0.3) is 0 Å². The number of benzene rings is 1. The second-order valence-corrected chi connectivity index (χ2v) is 7.65. The first kappa shape index (κ1) is 16.4. The zero-order valence-electron chi connectivity index (χ0n) is 13.9. The molecule has 0 spiro atoms. The average molecular weight is 338 g/mol. The lowest BCUT2D eigenvalue weighted by molar-refractivity contribution is -0.137. The van der Waals surface area contributed by atoms with E-state index in [9.17, 15) is 13.2 Å². The number of hydrogen-bond acceptors (Lipinski definition) is 2. The summed E-state index contributed by atoms with van der Waals surface area (Å²) < 4.78 is 39.0. The van der Waals surface area contributed by atoms with Crippen molar-refractivity contribution in [1.29, 1.82) is 0 Å². The Bertz CT molecular complexity index is 570. The molecule has 1 aromatic rings. The van der Waals surface area contributed by atoms with Crippen LogP contribution in [0.5, 0.6) is 0 Å². The quantitative estimate of drug-likeness (QED) is 0.857. The van der Waals surface area contributed by atoms with Gasteiger partial charge in [0.15, 0.2) is 0 Å². The Hall–Kier alpha value is -1.07. The summed E-state index contributed by atoms with van der Waals surface area (Å²) in [6.07, 6.45) is 2.88. The third-order valence-electron chi connectivity index (χ3n) is 5.67. The van der Waals surface area contributed by atoms with Gasteiger partial charge in [0, 0.05) is 18.1 Å². The van der Waals surface area contributed by atoms with Gasteiger partial charge in [-0.15, -0.1) is 0 Å². The summed E-state index contributed by atoms with van der Waals surface area (Å²) in [6, 6.07) is 7.23. The van der Waals surface area contributed by atoms with E-state index < -0.39 is 11.7 Å². The lowest BCUT2D eigenvalue weighted by Crippen LogP contribution is -2.44. The van der Waals surface area contributed by atoms with Crippen molar-refractivity contribution in [2.45, 2.75) is 62.8 Å². The number of alkyl halides is 3. The molecule has 1 heterocycles. The zero-order chi connectivity index (χ0) is 16.7. The summed E-state index contributed by atoms with van der Waals surface area (Å²) in [7, 11) is 0. The van der Waals surface area contributed by atoms with Gasteiger partial charge in [-0.1, -0.05) is 12.1 Å². The lowest BCUT2D eigenvalue weighted by Gasteiger charge is -2.35. The summed E-state index contributed by atoms with van der Waals surface area (Å²) in [4.78, 5) is 2.58. The Morgan fingerprint density at radius 2 is 1.71 bits per heavy atom. The Balaban J connectivity index is 1.43. The standard InChI is InChI=1S/C19H25F3N2/c20-19(21,22)15-3-1-2-14(12-15)18(13-4-5-13)23-16-8-10-24(11-9-16)17-6-7-17/h1-3,12-13,16-18,23H,4-11H2/t18-/m0/s1. The highest BCUT2D eigenvalue weighted by Gasteiger charge is 2.37. The molecule has 4 rings (SSSR count). The first-order valence-electron chi connectivity index (χ1n) is 9.18. The van der Waals surface area contributed by atoms with E-state index in [0.717, 1.165) is 50.4 Å². The van der Waals surface area contributed by atoms with E-state index in [2.05, 4.69) is 10.2 Å². The second kappa shape index (κ2) is 6.34. The number of likely N-dealkylation sites (tertiary alicyclic amines) is 1. The number of rotatable bonds is 5. The van der Waals surface area contributed by atoms with E-state index in [0.29, 0.717) is 12.0 Å². The maximum absolute atomic E-state index is 13.0. The predicted octanol–water partition coefficient (Wildman–Crippen LogP) is 4.37. The molecule has 0 unspecified atom stereocenters. The first-order chi connectivity index (χ1) is 11.5. The molecular weight excluding hydrogens is 313 g/mol. The maximum Gasteiger partial charge on any atom is 0.416 e. The highest BCUT2D eigenvalue weighted by atomic mass is 19.4. The van der Waals surface area contributed by atoms with Crippen molar-refractivity contribution in [3.8, 4) is 0 Å². The van der Waals surface area contributed by atoms with Crippen LogP contribution in [0.15, 0.2) is 24.3 Å². The Kier molecular flexibility index (Phi) is 4.33. The van der Waals surface area contributed by atoms with Crippen LogP contribution >= 0.6 is 0 Å². The molecular formula is C19H25F3N2. The number of nitrogens with zero attached hydrogens (tertiary/aromatic N) is 1. The van der Waals surface area contributed by atoms with E-state index in [-0.39, 0.29) is 6.04 Å². The van der Waals surface area contributed by atoms with Crippen LogP contribution in [0, 0.1) is 5.92 Å². The predicted molar refractivity (Wildman–Crippen MR) is 87.7 cm³/mol. The van der Waals surface area contributed by atoms with Crippen LogP contribution in [-0.2, 0) is 6.18 Å². The molecule has 132 valence electrons. The molecule has 0 amide bonds. The highest BCUT2D eigenvalue weighted by molar-refractivity contribution is 5.29. The van der Waals surface area contributed by atoms with Gasteiger partial charge in [-0.2, -0.15) is 13.2 Å². The smallest absolute Gasteiger partial charge is 0.307 e. The van der Waals surface area contributed by atoms with Crippen molar-refractivity contribution in [2.75, 3.05) is 13.1 Å². The Labute approximate surface area is 141 Å². The molecule has 0 bridgehead atoms. The highest BCUT2D eigenvalue weighted by Crippen LogP contribution is 2.43. The van der Waals surface area contributed by atoms with E-state index in [4.69, 9.17) is 0 Å². The number of piperidine rings is 1. The summed E-state index contributed by atoms with van der Waals surface area (Å²) in [5.74, 6) is 0.495. The topological polar surface area (TPSA) is 15.3 Å². The van der Waals surface area contributed by atoms with E-state index >= 15 is 0 Å². The van der Waals surface area contributed by atoms with Gasteiger partial charge < -0.3 is 10.2 Å². The fourth-order valence-electron chi connectivity index (χ4n) is 3.97. The molecule has 2 aliphatic carbocycles. The van der Waals surface area contributed by atoms with Crippen molar-refractivity contribution < 1.29 is 13.2 Å². The number of halogens is 3. The molecule has 3 aliphatic rings. The van der Waals surface area contributed by atoms with Gasteiger partial charge in [0.1, 0.15) is 0 Å². The van der Waals surface area contributed by atoms with Crippen LogP contribution in [0.3, 0.4) is 0 Å². The van der Waals surface area contributed by atoms with Crippen molar-refractivity contribution in [3.63, 3.8) is 0 Å². The maximum atomic E-state index is 13.0. The molecule has 24 heavy (non-hydrogen) atoms. The summed E-state index contributed by atoms with van der Waals surface area (Å²) >= 11 is 0. The van der Waals surface area contributed by atoms with E-state index in [1.807, 2.05) is 6.07 Å². The summed E-state index contributed by atoms with van der Waals surface area (Å²) in [5, 5.41) is 3.70. The SMILES string of the molecule is FC(F)(F)c1cccc([C@@H](NC2CCN(C3CC3)CC2)C2CC2)c1. The number of nitrogens with one attached hydrogen (secondary N) is 1. The molecule has 2 saturated carbocycles. The third kappa shape index (κ3) is 3.77. The molecule has 1 atom stereocenters. The van der Waals surface area contributed by atoms with Crippen LogP contribution in [0.4, 0.5) is 13.2 Å². The van der Waals surface area contributed by atoms with Gasteiger partial charge in [-0.05, 0) is 75.2 Å². The molecule has 0 aromatic heterocycles. The Morgan fingerprint density at radius 3 is 2.29 bits per heavy atom. The number of hydrogen-bond donors (Lipinski definition) is 1. The monoisotopic (exact) mass is 338 g/mol. The minimum atomic E-state index is -4.26. The van der Waals surface area contributed by atoms with Crippen molar-refractivity contribution in [2.24, 2.45) is 5.92 Å². The molecule has 0 radical (unpaired) electrons. The largest absolute Gasteiger partial charge is 0.416 e. The molecule has 3 fully saturated rings. The fourth-order valence-corrected chi connectivity index (χ4v) is 3.97. The molecule has 1 N–H and O–H groups in total. The van der Waals surface area contributed by atoms with Gasteiger partial charge in [-0.3, -0.25) is 0 Å². The van der Waals surface area contributed by atoms with E-state index in [1.165, 1.54) is 25.0 Å². The van der Waals surface area contributed by atoms with Crippen LogP contribution < -0.4 is 5.32 Å². The Morgan fingerprint density at radius 1 is 1.00 bits per heavy atom. The molecule has 1 saturated heterocycles. The minimum Gasteiger partial charge on any atom is -0.307 e. The van der Waals surface area contributed by atoms with E-state index in [1.54, 1.807) is 6.07 Å². The molecule has 2 nitrogen and oxygen atoms in total. The normalized spacial score (nSPS) is 25.0. The summed E-state index contributed by atoms with van der Waals surface area (Å²) in [6.45, 7) is 2.25. The van der Waals surface area contributed by atoms with Gasteiger partial charge in [0.05, 0.1) is 5.56 Å². The van der Waals surface area contributed by atoms with Crippen molar-refractivity contribution in [1.82, 2.24) is 10.2 Å². The second-order valence-electron chi connectivity index (χ2n) is 7.65. The van der Waals surface area contributed by atoms with Crippen molar-refractivity contribution >= 4 is 0 Å². The van der Waals surface area contributed by atoms with Gasteiger partial charge in [-0.25, -0.2) is 0 Å². The average Bonchev–Trinajstić information content (AvgIpc) is 3.46.